The summed E-state index contributed by atoms with van der Waals surface area (Å²) in [5.41, 5.74) is 1.33. The second-order valence-electron chi connectivity index (χ2n) is 3.83. The van der Waals surface area contributed by atoms with E-state index in [4.69, 9.17) is 0 Å². The summed E-state index contributed by atoms with van der Waals surface area (Å²) in [5.74, 6) is 0.939. The minimum atomic E-state index is 0.685. The van der Waals surface area contributed by atoms with E-state index in [1.54, 1.807) is 0 Å². The molecule has 2 unspecified atom stereocenters. The fourth-order valence-corrected chi connectivity index (χ4v) is 2.21. The second-order valence-corrected chi connectivity index (χ2v) is 4.56. The van der Waals surface area contributed by atoms with Gasteiger partial charge in [-0.15, -0.1) is 6.58 Å². The SMILES string of the molecule is C=C(C)CCC1CCC(S)C1. The molecule has 0 N–H and O–H groups in total. The van der Waals surface area contributed by atoms with Gasteiger partial charge in [0.05, 0.1) is 0 Å². The molecular weight excluding hydrogens is 152 g/mol. The maximum Gasteiger partial charge on any atom is 0.00195 e. The first-order chi connectivity index (χ1) is 5.18. The van der Waals surface area contributed by atoms with Crippen LogP contribution in [0, 0.1) is 5.92 Å². The normalized spacial score (nSPS) is 30.7. The third-order valence-corrected chi connectivity index (χ3v) is 2.96. The summed E-state index contributed by atoms with van der Waals surface area (Å²) < 4.78 is 0. The summed E-state index contributed by atoms with van der Waals surface area (Å²) >= 11 is 4.47. The van der Waals surface area contributed by atoms with Crippen molar-refractivity contribution in [3.8, 4) is 0 Å². The lowest BCUT2D eigenvalue weighted by atomic mass is 9.99. The minimum Gasteiger partial charge on any atom is -0.176 e. The number of hydrogen-bond donors (Lipinski definition) is 1. The van der Waals surface area contributed by atoms with Crippen LogP contribution in [-0.2, 0) is 0 Å². The average Bonchev–Trinajstić information content (AvgIpc) is 2.31. The van der Waals surface area contributed by atoms with Gasteiger partial charge in [0.2, 0.25) is 0 Å². The Kier molecular flexibility index (Phi) is 3.50. The molecule has 1 rings (SSSR count). The molecule has 0 heterocycles. The van der Waals surface area contributed by atoms with E-state index in [0.717, 1.165) is 5.92 Å². The predicted molar refractivity (Wildman–Crippen MR) is 54.2 cm³/mol. The van der Waals surface area contributed by atoms with Gasteiger partial charge in [0.1, 0.15) is 0 Å². The first-order valence-electron chi connectivity index (χ1n) is 4.51. The molecule has 0 aromatic rings. The van der Waals surface area contributed by atoms with Crippen LogP contribution >= 0.6 is 12.6 Å². The van der Waals surface area contributed by atoms with Crippen molar-refractivity contribution in [3.63, 3.8) is 0 Å². The number of rotatable bonds is 3. The summed E-state index contributed by atoms with van der Waals surface area (Å²) in [7, 11) is 0. The molecule has 64 valence electrons. The summed E-state index contributed by atoms with van der Waals surface area (Å²) in [5, 5.41) is 0.685. The fraction of sp³-hybridized carbons (Fsp3) is 0.800. The highest BCUT2D eigenvalue weighted by Crippen LogP contribution is 2.32. The lowest BCUT2D eigenvalue weighted by molar-refractivity contribution is 0.504. The number of thiol groups is 1. The van der Waals surface area contributed by atoms with E-state index in [1.807, 2.05) is 0 Å². The van der Waals surface area contributed by atoms with Crippen molar-refractivity contribution in [3.05, 3.63) is 12.2 Å². The van der Waals surface area contributed by atoms with Gasteiger partial charge in [-0.1, -0.05) is 5.57 Å². The van der Waals surface area contributed by atoms with Crippen molar-refractivity contribution in [1.82, 2.24) is 0 Å². The van der Waals surface area contributed by atoms with E-state index in [9.17, 15) is 0 Å². The Balaban J connectivity index is 2.13. The molecular formula is C10H18S. The van der Waals surface area contributed by atoms with Crippen LogP contribution in [0.2, 0.25) is 0 Å². The molecule has 0 aromatic heterocycles. The van der Waals surface area contributed by atoms with Gasteiger partial charge in [-0.2, -0.15) is 12.6 Å². The van der Waals surface area contributed by atoms with Gasteiger partial charge in [0, 0.05) is 5.25 Å². The zero-order valence-electron chi connectivity index (χ0n) is 7.34. The Morgan fingerprint density at radius 1 is 1.55 bits per heavy atom. The molecule has 1 heteroatoms. The lowest BCUT2D eigenvalue weighted by Crippen LogP contribution is -1.95. The van der Waals surface area contributed by atoms with E-state index in [-0.39, 0.29) is 0 Å². The van der Waals surface area contributed by atoms with Crippen LogP contribution in [0.25, 0.3) is 0 Å². The van der Waals surface area contributed by atoms with Gasteiger partial charge in [0.15, 0.2) is 0 Å². The first kappa shape index (κ1) is 9.18. The second kappa shape index (κ2) is 4.20. The third kappa shape index (κ3) is 3.33. The van der Waals surface area contributed by atoms with Crippen LogP contribution in [-0.4, -0.2) is 5.25 Å². The molecule has 0 bridgehead atoms. The molecule has 0 aliphatic heterocycles. The van der Waals surface area contributed by atoms with E-state index in [2.05, 4.69) is 26.1 Å². The van der Waals surface area contributed by atoms with Gasteiger partial charge in [-0.25, -0.2) is 0 Å². The zero-order valence-corrected chi connectivity index (χ0v) is 8.24. The Hall–Kier alpha value is 0.0900. The van der Waals surface area contributed by atoms with E-state index >= 15 is 0 Å². The van der Waals surface area contributed by atoms with Crippen LogP contribution < -0.4 is 0 Å². The Bertz CT molecular complexity index is 140. The smallest absolute Gasteiger partial charge is 0.00195 e. The van der Waals surface area contributed by atoms with Crippen molar-refractivity contribution in [2.75, 3.05) is 0 Å². The number of allylic oxidation sites excluding steroid dienone is 1. The summed E-state index contributed by atoms with van der Waals surface area (Å²) in [6.07, 6.45) is 6.60. The Morgan fingerprint density at radius 2 is 2.27 bits per heavy atom. The van der Waals surface area contributed by atoms with Crippen molar-refractivity contribution >= 4 is 12.6 Å². The highest BCUT2D eigenvalue weighted by atomic mass is 32.1. The third-order valence-electron chi connectivity index (χ3n) is 2.49. The summed E-state index contributed by atoms with van der Waals surface area (Å²) in [6.45, 7) is 6.03. The van der Waals surface area contributed by atoms with Gasteiger partial charge in [-0.3, -0.25) is 0 Å². The molecule has 0 amide bonds. The van der Waals surface area contributed by atoms with Crippen molar-refractivity contribution < 1.29 is 0 Å². The van der Waals surface area contributed by atoms with Crippen LogP contribution in [0.15, 0.2) is 12.2 Å². The van der Waals surface area contributed by atoms with Crippen LogP contribution in [0.3, 0.4) is 0 Å². The standard InChI is InChI=1S/C10H18S/c1-8(2)3-4-9-5-6-10(11)7-9/h9-11H,1,3-7H2,2H3. The first-order valence-corrected chi connectivity index (χ1v) is 5.02. The van der Waals surface area contributed by atoms with Crippen molar-refractivity contribution in [2.45, 2.75) is 44.3 Å². The molecule has 0 saturated heterocycles. The van der Waals surface area contributed by atoms with Crippen molar-refractivity contribution in [1.29, 1.82) is 0 Å². The highest BCUT2D eigenvalue weighted by Gasteiger charge is 2.20. The topological polar surface area (TPSA) is 0 Å². The quantitative estimate of drug-likeness (QED) is 0.487. The molecule has 0 nitrogen and oxygen atoms in total. The van der Waals surface area contributed by atoms with E-state index < -0.39 is 0 Å². The molecule has 1 aliphatic carbocycles. The number of hydrogen-bond acceptors (Lipinski definition) is 1. The van der Waals surface area contributed by atoms with Crippen molar-refractivity contribution in [2.24, 2.45) is 5.92 Å². The molecule has 11 heavy (non-hydrogen) atoms. The molecule has 1 saturated carbocycles. The van der Waals surface area contributed by atoms with Gasteiger partial charge in [0.25, 0.3) is 0 Å². The highest BCUT2D eigenvalue weighted by molar-refractivity contribution is 7.80. The molecule has 0 spiro atoms. The molecule has 1 fully saturated rings. The minimum absolute atomic E-state index is 0.685. The molecule has 0 radical (unpaired) electrons. The van der Waals surface area contributed by atoms with Crippen LogP contribution in [0.5, 0.6) is 0 Å². The molecule has 0 aromatic carbocycles. The molecule has 2 atom stereocenters. The van der Waals surface area contributed by atoms with Gasteiger partial charge >= 0.3 is 0 Å². The van der Waals surface area contributed by atoms with Crippen LogP contribution in [0.1, 0.15) is 39.0 Å². The Labute approximate surface area is 75.5 Å². The summed E-state index contributed by atoms with van der Waals surface area (Å²) in [6, 6.07) is 0. The fourth-order valence-electron chi connectivity index (χ4n) is 1.76. The Morgan fingerprint density at radius 3 is 2.73 bits per heavy atom. The summed E-state index contributed by atoms with van der Waals surface area (Å²) in [4.78, 5) is 0. The molecule has 1 aliphatic rings. The average molecular weight is 170 g/mol. The van der Waals surface area contributed by atoms with Gasteiger partial charge < -0.3 is 0 Å². The zero-order chi connectivity index (χ0) is 8.27. The van der Waals surface area contributed by atoms with Crippen LogP contribution in [0.4, 0.5) is 0 Å². The van der Waals surface area contributed by atoms with E-state index in [1.165, 1.54) is 37.7 Å². The predicted octanol–water partition coefficient (Wildman–Crippen LogP) is 3.44. The van der Waals surface area contributed by atoms with E-state index in [0.29, 0.717) is 5.25 Å². The van der Waals surface area contributed by atoms with Gasteiger partial charge in [-0.05, 0) is 44.9 Å². The largest absolute Gasteiger partial charge is 0.176 e. The monoisotopic (exact) mass is 170 g/mol. The maximum absolute atomic E-state index is 4.47. The lowest BCUT2D eigenvalue weighted by Gasteiger charge is -2.07. The maximum atomic E-state index is 4.47.